The molecule has 1 aromatic rings. The summed E-state index contributed by atoms with van der Waals surface area (Å²) in [5.41, 5.74) is 3.05. The molecule has 0 aliphatic carbocycles. The van der Waals surface area contributed by atoms with Crippen LogP contribution in [0.25, 0.3) is 0 Å². The average Bonchev–Trinajstić information content (AvgIpc) is 2.41. The number of likely N-dealkylation sites (N-methyl/N-ethyl adjacent to an activating group) is 1. The third kappa shape index (κ3) is 2.79. The number of hydrogen-bond acceptors (Lipinski definition) is 2. The Morgan fingerprint density at radius 1 is 1.33 bits per heavy atom. The van der Waals surface area contributed by atoms with E-state index >= 15 is 0 Å². The van der Waals surface area contributed by atoms with Gasteiger partial charge in [0, 0.05) is 6.04 Å². The van der Waals surface area contributed by atoms with E-state index in [-0.39, 0.29) is 12.0 Å². The molecule has 1 fully saturated rings. The third-order valence-corrected chi connectivity index (χ3v) is 5.44. The molecule has 4 unspecified atom stereocenters. The molecule has 2 rings (SSSR count). The molecule has 116 valence electrons. The summed E-state index contributed by atoms with van der Waals surface area (Å²) < 4.78 is 0. The highest BCUT2D eigenvalue weighted by atomic mass is 16.3. The third-order valence-electron chi connectivity index (χ3n) is 5.44. The first-order valence-electron chi connectivity index (χ1n) is 7.93. The van der Waals surface area contributed by atoms with Crippen LogP contribution in [0.15, 0.2) is 30.9 Å². The van der Waals surface area contributed by atoms with Crippen LogP contribution in [0.5, 0.6) is 0 Å². The fourth-order valence-corrected chi connectivity index (χ4v) is 3.76. The molecule has 1 heterocycles. The number of aryl methyl sites for hydroxylation is 2. The SMILES string of the molecule is C=CCC1(O)C(C)CC(C)N(C)C1c1ccc(C)c(C)c1. The van der Waals surface area contributed by atoms with Gasteiger partial charge >= 0.3 is 0 Å². The molecular weight excluding hydrogens is 258 g/mol. The standard InChI is InChI=1S/C19H29NO/c1-7-10-19(21)15(4)12-16(5)20(6)18(19)17-9-8-13(2)14(3)11-17/h7-9,11,15-16,18,21H,1,10,12H2,2-6H3. The molecule has 2 nitrogen and oxygen atoms in total. The molecule has 1 aromatic carbocycles. The number of benzene rings is 1. The van der Waals surface area contributed by atoms with Crippen LogP contribution in [0.3, 0.4) is 0 Å². The predicted molar refractivity (Wildman–Crippen MR) is 89.4 cm³/mol. The van der Waals surface area contributed by atoms with Gasteiger partial charge < -0.3 is 5.11 Å². The maximum absolute atomic E-state index is 11.4. The zero-order valence-electron chi connectivity index (χ0n) is 14.1. The van der Waals surface area contributed by atoms with Crippen molar-refractivity contribution in [1.82, 2.24) is 4.90 Å². The molecule has 21 heavy (non-hydrogen) atoms. The van der Waals surface area contributed by atoms with Crippen LogP contribution in [0.1, 0.15) is 49.4 Å². The molecular formula is C19H29NO. The van der Waals surface area contributed by atoms with E-state index in [2.05, 4.69) is 64.4 Å². The van der Waals surface area contributed by atoms with Crippen molar-refractivity contribution in [1.29, 1.82) is 0 Å². The maximum atomic E-state index is 11.4. The lowest BCUT2D eigenvalue weighted by Gasteiger charge is -2.52. The van der Waals surface area contributed by atoms with Crippen molar-refractivity contribution in [3.05, 3.63) is 47.5 Å². The van der Waals surface area contributed by atoms with Gasteiger partial charge in [-0.2, -0.15) is 0 Å². The minimum absolute atomic E-state index is 0.0218. The van der Waals surface area contributed by atoms with E-state index in [9.17, 15) is 5.11 Å². The van der Waals surface area contributed by atoms with Crippen molar-refractivity contribution in [3.63, 3.8) is 0 Å². The normalized spacial score (nSPS) is 33.9. The van der Waals surface area contributed by atoms with Gasteiger partial charge in [0.1, 0.15) is 0 Å². The van der Waals surface area contributed by atoms with E-state index in [4.69, 9.17) is 0 Å². The Morgan fingerprint density at radius 3 is 2.57 bits per heavy atom. The van der Waals surface area contributed by atoms with Crippen molar-refractivity contribution in [2.45, 2.75) is 58.2 Å². The van der Waals surface area contributed by atoms with Gasteiger partial charge in [0.05, 0.1) is 11.6 Å². The molecule has 4 atom stereocenters. The molecule has 1 aliphatic heterocycles. The van der Waals surface area contributed by atoms with Crippen molar-refractivity contribution >= 4 is 0 Å². The van der Waals surface area contributed by atoms with Gasteiger partial charge in [-0.1, -0.05) is 31.2 Å². The first kappa shape index (κ1) is 16.3. The van der Waals surface area contributed by atoms with E-state index in [0.29, 0.717) is 12.5 Å². The summed E-state index contributed by atoms with van der Waals surface area (Å²) in [4.78, 5) is 2.33. The highest BCUT2D eigenvalue weighted by Crippen LogP contribution is 2.46. The second-order valence-electron chi connectivity index (χ2n) is 6.88. The number of likely N-dealkylation sites (tertiary alicyclic amines) is 1. The molecule has 0 aromatic heterocycles. The van der Waals surface area contributed by atoms with Crippen LogP contribution in [0, 0.1) is 19.8 Å². The predicted octanol–water partition coefficient (Wildman–Crippen LogP) is 4.01. The lowest BCUT2D eigenvalue weighted by atomic mass is 9.70. The Bertz CT molecular complexity index is 524. The van der Waals surface area contributed by atoms with Gasteiger partial charge in [0.2, 0.25) is 0 Å². The number of hydrogen-bond donors (Lipinski definition) is 1. The van der Waals surface area contributed by atoms with E-state index in [1.165, 1.54) is 16.7 Å². The molecule has 0 bridgehead atoms. The Balaban J connectivity index is 2.51. The maximum Gasteiger partial charge on any atom is 0.0903 e. The summed E-state index contributed by atoms with van der Waals surface area (Å²) in [5.74, 6) is 0.258. The van der Waals surface area contributed by atoms with Crippen LogP contribution in [-0.2, 0) is 0 Å². The highest BCUT2D eigenvalue weighted by Gasteiger charge is 2.48. The van der Waals surface area contributed by atoms with Crippen LogP contribution in [0.2, 0.25) is 0 Å². The summed E-state index contributed by atoms with van der Waals surface area (Å²) in [6.07, 6.45) is 3.50. The Morgan fingerprint density at radius 2 is 2.00 bits per heavy atom. The molecule has 0 radical (unpaired) electrons. The van der Waals surface area contributed by atoms with Crippen molar-refractivity contribution in [3.8, 4) is 0 Å². The molecule has 2 heteroatoms. The minimum Gasteiger partial charge on any atom is -0.387 e. The Kier molecular flexibility index (Phi) is 4.60. The van der Waals surface area contributed by atoms with Gasteiger partial charge in [-0.05, 0) is 63.3 Å². The van der Waals surface area contributed by atoms with Crippen LogP contribution in [-0.4, -0.2) is 28.7 Å². The van der Waals surface area contributed by atoms with E-state index < -0.39 is 5.60 Å². The number of rotatable bonds is 3. The number of nitrogens with zero attached hydrogens (tertiary/aromatic N) is 1. The first-order chi connectivity index (χ1) is 9.81. The molecule has 0 saturated carbocycles. The fourth-order valence-electron chi connectivity index (χ4n) is 3.76. The lowest BCUT2D eigenvalue weighted by Crippen LogP contribution is -2.56. The summed E-state index contributed by atoms with van der Waals surface area (Å²) in [6.45, 7) is 12.5. The van der Waals surface area contributed by atoms with Gasteiger partial charge in [-0.25, -0.2) is 0 Å². The molecule has 0 spiro atoms. The van der Waals surface area contributed by atoms with E-state index in [0.717, 1.165) is 6.42 Å². The number of piperidine rings is 1. The minimum atomic E-state index is -0.745. The zero-order valence-corrected chi connectivity index (χ0v) is 14.1. The zero-order chi connectivity index (χ0) is 15.8. The van der Waals surface area contributed by atoms with E-state index in [1.807, 2.05) is 6.08 Å². The molecule has 1 N–H and O–H groups in total. The smallest absolute Gasteiger partial charge is 0.0903 e. The van der Waals surface area contributed by atoms with Crippen LogP contribution in [0.4, 0.5) is 0 Å². The topological polar surface area (TPSA) is 23.5 Å². The Labute approximate surface area is 129 Å². The second-order valence-corrected chi connectivity index (χ2v) is 6.88. The van der Waals surface area contributed by atoms with Gasteiger partial charge in [0.15, 0.2) is 0 Å². The van der Waals surface area contributed by atoms with Crippen LogP contribution < -0.4 is 0 Å². The van der Waals surface area contributed by atoms with E-state index in [1.54, 1.807) is 0 Å². The highest BCUT2D eigenvalue weighted by molar-refractivity contribution is 5.34. The second kappa shape index (κ2) is 5.94. The summed E-state index contributed by atoms with van der Waals surface area (Å²) >= 11 is 0. The monoisotopic (exact) mass is 287 g/mol. The van der Waals surface area contributed by atoms with Crippen LogP contribution >= 0.6 is 0 Å². The van der Waals surface area contributed by atoms with Gasteiger partial charge in [-0.15, -0.1) is 6.58 Å². The number of aliphatic hydroxyl groups is 1. The fraction of sp³-hybridized carbons (Fsp3) is 0.579. The summed E-state index contributed by atoms with van der Waals surface area (Å²) in [6, 6.07) is 7.05. The molecule has 1 saturated heterocycles. The summed E-state index contributed by atoms with van der Waals surface area (Å²) in [5, 5.41) is 11.4. The van der Waals surface area contributed by atoms with Crippen molar-refractivity contribution in [2.75, 3.05) is 7.05 Å². The lowest BCUT2D eigenvalue weighted by molar-refractivity contribution is -0.126. The van der Waals surface area contributed by atoms with Gasteiger partial charge in [0.25, 0.3) is 0 Å². The first-order valence-corrected chi connectivity index (χ1v) is 7.93. The summed E-state index contributed by atoms with van der Waals surface area (Å²) in [7, 11) is 2.13. The largest absolute Gasteiger partial charge is 0.387 e. The molecule has 0 amide bonds. The van der Waals surface area contributed by atoms with Gasteiger partial charge in [-0.3, -0.25) is 4.90 Å². The van der Waals surface area contributed by atoms with Crippen molar-refractivity contribution in [2.24, 2.45) is 5.92 Å². The average molecular weight is 287 g/mol. The van der Waals surface area contributed by atoms with Crippen molar-refractivity contribution < 1.29 is 5.11 Å². The quantitative estimate of drug-likeness (QED) is 0.849. The Hall–Kier alpha value is -1.12. The molecule has 1 aliphatic rings.